The second-order valence-corrected chi connectivity index (χ2v) is 13.5. The summed E-state index contributed by atoms with van der Waals surface area (Å²) in [5.74, 6) is 0. The molecule has 0 radical (unpaired) electrons. The minimum atomic E-state index is -4.57. The van der Waals surface area contributed by atoms with Crippen LogP contribution in [0.15, 0.2) is 137 Å². The molecule has 0 saturated heterocycles. The molecule has 49 heavy (non-hydrogen) atoms. The van der Waals surface area contributed by atoms with Crippen molar-refractivity contribution in [1.29, 1.82) is 0 Å². The summed E-state index contributed by atoms with van der Waals surface area (Å²) >= 11 is 0.863. The maximum absolute atomic E-state index is 11.7. The van der Waals surface area contributed by atoms with Crippen molar-refractivity contribution >= 4 is 39.1 Å². The van der Waals surface area contributed by atoms with Crippen molar-refractivity contribution in [3.8, 4) is 0 Å². The summed E-state index contributed by atoms with van der Waals surface area (Å²) in [6.45, 7) is 9.36. The van der Waals surface area contributed by atoms with E-state index in [1.807, 2.05) is 24.3 Å². The van der Waals surface area contributed by atoms with Gasteiger partial charge < -0.3 is 14.7 Å². The number of hydrogen-bond acceptors (Lipinski definition) is 8. The molecule has 0 heterocycles. The van der Waals surface area contributed by atoms with Crippen LogP contribution in [-0.4, -0.2) is 36.3 Å². The van der Waals surface area contributed by atoms with E-state index < -0.39 is 10.1 Å². The molecule has 0 unspecified atom stereocenters. The van der Waals surface area contributed by atoms with Crippen molar-refractivity contribution in [1.82, 2.24) is 0 Å². The third-order valence-corrected chi connectivity index (χ3v) is 9.54. The van der Waals surface area contributed by atoms with Gasteiger partial charge in [0.1, 0.15) is 16.7 Å². The topological polar surface area (TPSA) is 105 Å². The first-order valence-electron chi connectivity index (χ1n) is 15.6. The second kappa shape index (κ2) is 18.1. The molecule has 0 saturated carbocycles. The van der Waals surface area contributed by atoms with E-state index in [0.29, 0.717) is 6.54 Å². The molecule has 0 fully saturated rings. The third kappa shape index (κ3) is 10.4. The normalized spacial score (nSPS) is 12.5. The van der Waals surface area contributed by atoms with E-state index in [0.717, 1.165) is 75.8 Å². The van der Waals surface area contributed by atoms with Crippen molar-refractivity contribution in [2.75, 3.05) is 18.0 Å². The molecule has 0 amide bonds. The number of hydrogen-bond donors (Lipinski definition) is 0. The van der Waals surface area contributed by atoms with Crippen molar-refractivity contribution in [3.63, 3.8) is 0 Å². The molecule has 0 N–H and O–H groups in total. The van der Waals surface area contributed by atoms with E-state index in [4.69, 9.17) is 0 Å². The first kappa shape index (κ1) is 38.5. The standard InChI is InChI=1S/C38H38N2O6S2.Na/c1-4-39(26-29-9-6-8-28(3)24-29)34-18-12-31(13-19-34)38(33-16-22-37(23-17-33)48(42,43)44)32-14-20-35(21-15-32)40(5-2)27-30-10-7-11-36(25-30)47-46-45-41;/h6-25H,4-5,26-27H2,1-3H3,(H-,41,42,43,44);/q;+1/p-1. The monoisotopic (exact) mass is 704 g/mol. The quantitative estimate of drug-likeness (QED) is 0.0518. The van der Waals surface area contributed by atoms with Crippen LogP contribution < -0.4 is 39.7 Å². The predicted octanol–water partition coefficient (Wildman–Crippen LogP) is 3.76. The fourth-order valence-electron chi connectivity index (χ4n) is 5.74. The van der Waals surface area contributed by atoms with Crippen molar-refractivity contribution < 1.29 is 61.7 Å². The summed E-state index contributed by atoms with van der Waals surface area (Å²) in [7, 11) is -4.57. The number of rotatable bonds is 13. The van der Waals surface area contributed by atoms with Crippen LogP contribution in [-0.2, 0) is 32.6 Å². The van der Waals surface area contributed by atoms with E-state index in [1.165, 1.54) is 23.3 Å². The van der Waals surface area contributed by atoms with Gasteiger partial charge in [0, 0.05) is 41.4 Å². The van der Waals surface area contributed by atoms with Gasteiger partial charge in [-0.25, -0.2) is 13.0 Å². The smallest absolute Gasteiger partial charge is 0.744 e. The van der Waals surface area contributed by atoms with Gasteiger partial charge in [-0.2, -0.15) is 4.33 Å². The molecule has 11 heteroatoms. The Bertz CT molecular complexity index is 1950. The zero-order valence-corrected chi connectivity index (χ0v) is 31.7. The summed E-state index contributed by atoms with van der Waals surface area (Å²) in [6, 6.07) is 30.6. The van der Waals surface area contributed by atoms with Gasteiger partial charge in [-0.05, 0) is 103 Å². The number of benzene rings is 4. The Morgan fingerprint density at radius 2 is 1.47 bits per heavy atom. The molecule has 0 atom stereocenters. The first-order chi connectivity index (χ1) is 23.2. The number of nitrogens with zero attached hydrogens (tertiary/aromatic N) is 2. The molecule has 0 spiro atoms. The molecule has 1 aliphatic rings. The van der Waals surface area contributed by atoms with Crippen LogP contribution in [0.25, 0.3) is 5.57 Å². The number of anilines is 1. The van der Waals surface area contributed by atoms with Crippen molar-refractivity contribution in [3.05, 3.63) is 155 Å². The maximum atomic E-state index is 11.7. The molecule has 1 aliphatic carbocycles. The van der Waals surface area contributed by atoms with Crippen LogP contribution in [0, 0.1) is 6.92 Å². The SMILES string of the molecule is CCN(Cc1cccc(SOO[O-])c1)c1ccc(C(=C2C=CC(=[N+](CC)Cc3cccc(C)c3)C=C2)c2ccc(S(=O)(=O)[O-])cc2)cc1.[Na+]. The Morgan fingerprint density at radius 1 is 0.837 bits per heavy atom. The maximum Gasteiger partial charge on any atom is 1.00 e. The van der Waals surface area contributed by atoms with Gasteiger partial charge in [0.2, 0.25) is 0 Å². The van der Waals surface area contributed by atoms with Crippen molar-refractivity contribution in [2.45, 2.75) is 43.7 Å². The van der Waals surface area contributed by atoms with Crippen LogP contribution in [0.3, 0.4) is 0 Å². The fraction of sp³-hybridized carbons (Fsp3) is 0.184. The Balaban J connectivity index is 0.00000541. The molecular weight excluding hydrogens is 668 g/mol. The van der Waals surface area contributed by atoms with Crippen LogP contribution >= 0.6 is 12.0 Å². The van der Waals surface area contributed by atoms with E-state index in [9.17, 15) is 18.2 Å². The van der Waals surface area contributed by atoms with Crippen LogP contribution in [0.5, 0.6) is 0 Å². The van der Waals surface area contributed by atoms with E-state index in [2.05, 4.69) is 112 Å². The Morgan fingerprint density at radius 3 is 2.06 bits per heavy atom. The van der Waals surface area contributed by atoms with Gasteiger partial charge in [0.25, 0.3) is 0 Å². The minimum Gasteiger partial charge on any atom is -0.744 e. The largest absolute Gasteiger partial charge is 1.00 e. The summed E-state index contributed by atoms with van der Waals surface area (Å²) in [4.78, 5) is 2.72. The Labute approximate surface area is 315 Å². The molecule has 5 rings (SSSR count). The minimum absolute atomic E-state index is 0. The predicted molar refractivity (Wildman–Crippen MR) is 187 cm³/mol. The van der Waals surface area contributed by atoms with Gasteiger partial charge in [0.15, 0.2) is 12.3 Å². The molecular formula is C38H37N2NaO6S2. The van der Waals surface area contributed by atoms with E-state index in [-0.39, 0.29) is 34.5 Å². The van der Waals surface area contributed by atoms with Gasteiger partial charge in [-0.1, -0.05) is 60.2 Å². The summed E-state index contributed by atoms with van der Waals surface area (Å²) < 4.78 is 41.8. The van der Waals surface area contributed by atoms with Gasteiger partial charge in [-0.3, -0.25) is 5.04 Å². The zero-order chi connectivity index (χ0) is 34.1. The molecule has 4 aromatic carbocycles. The van der Waals surface area contributed by atoms with Gasteiger partial charge in [-0.15, -0.1) is 0 Å². The average molecular weight is 705 g/mol. The van der Waals surface area contributed by atoms with Gasteiger partial charge in [0.05, 0.1) is 16.9 Å². The molecule has 248 valence electrons. The fourth-order valence-corrected chi connectivity index (χ4v) is 6.65. The summed E-state index contributed by atoms with van der Waals surface area (Å²) in [6.07, 6.45) is 8.39. The Hall–Kier alpha value is -3.29. The Kier molecular flexibility index (Phi) is 14.2. The zero-order valence-electron chi connectivity index (χ0n) is 28.0. The van der Waals surface area contributed by atoms with Crippen LogP contribution in [0.4, 0.5) is 5.69 Å². The molecule has 0 aliphatic heterocycles. The molecule has 4 aromatic rings. The van der Waals surface area contributed by atoms with Gasteiger partial charge >= 0.3 is 29.6 Å². The van der Waals surface area contributed by atoms with E-state index >= 15 is 0 Å². The van der Waals surface area contributed by atoms with Crippen LogP contribution in [0.2, 0.25) is 0 Å². The first-order valence-corrected chi connectivity index (χ1v) is 17.7. The number of aryl methyl sites for hydroxylation is 1. The third-order valence-electron chi connectivity index (χ3n) is 8.12. The van der Waals surface area contributed by atoms with Crippen molar-refractivity contribution in [2.24, 2.45) is 0 Å². The average Bonchev–Trinajstić information content (AvgIpc) is 3.09. The molecule has 0 bridgehead atoms. The van der Waals surface area contributed by atoms with E-state index in [1.54, 1.807) is 12.1 Å². The summed E-state index contributed by atoms with van der Waals surface area (Å²) in [5, 5.41) is 13.7. The van der Waals surface area contributed by atoms with Crippen LogP contribution in [0.1, 0.15) is 41.7 Å². The second-order valence-electron chi connectivity index (χ2n) is 11.3. The molecule has 0 aromatic heterocycles. The molecule has 8 nitrogen and oxygen atoms in total. The summed E-state index contributed by atoms with van der Waals surface area (Å²) in [5.41, 5.74) is 9.26. The number of allylic oxidation sites excluding steroid dienone is 5.